The van der Waals surface area contributed by atoms with Crippen LogP contribution in [0.15, 0.2) is 71.5 Å². The average molecular weight is 388 g/mol. The monoisotopic (exact) mass is 388 g/mol. The van der Waals surface area contributed by atoms with Crippen molar-refractivity contribution in [3.8, 4) is 0 Å². The summed E-state index contributed by atoms with van der Waals surface area (Å²) in [6.45, 7) is 2.62. The largest absolute Gasteiger partial charge is 0.467 e. The van der Waals surface area contributed by atoms with E-state index in [0.717, 1.165) is 11.1 Å². The van der Waals surface area contributed by atoms with Crippen LogP contribution in [0.1, 0.15) is 38.0 Å². The molecule has 0 saturated heterocycles. The summed E-state index contributed by atoms with van der Waals surface area (Å²) >= 11 is 0. The fourth-order valence-electron chi connectivity index (χ4n) is 3.09. The smallest absolute Gasteiger partial charge is 0.288 e. The van der Waals surface area contributed by atoms with Crippen LogP contribution in [-0.2, 0) is 13.1 Å². The number of rotatable bonds is 6. The van der Waals surface area contributed by atoms with Gasteiger partial charge in [0.2, 0.25) is 5.82 Å². The van der Waals surface area contributed by atoms with Crippen molar-refractivity contribution >= 4 is 17.3 Å². The first-order valence-corrected chi connectivity index (χ1v) is 9.24. The first-order chi connectivity index (χ1) is 14.1. The molecule has 0 aliphatic rings. The van der Waals surface area contributed by atoms with Crippen molar-refractivity contribution in [3.63, 3.8) is 0 Å². The maximum absolute atomic E-state index is 12.8. The third-order valence-corrected chi connectivity index (χ3v) is 4.67. The Bertz CT molecular complexity index is 1160. The molecule has 29 heavy (non-hydrogen) atoms. The van der Waals surface area contributed by atoms with Crippen LogP contribution < -0.4 is 10.6 Å². The lowest BCUT2D eigenvalue weighted by atomic mass is 10.1. The molecule has 0 aliphatic carbocycles. The van der Waals surface area contributed by atoms with Gasteiger partial charge in [-0.05, 0) is 42.3 Å². The number of hydrogen-bond donors (Lipinski definition) is 2. The molecule has 0 radical (unpaired) electrons. The van der Waals surface area contributed by atoms with Gasteiger partial charge in [0, 0.05) is 12.7 Å². The molecular formula is C22H20N4O3. The molecule has 0 aliphatic heterocycles. The van der Waals surface area contributed by atoms with Crippen molar-refractivity contribution in [3.05, 3.63) is 95.5 Å². The van der Waals surface area contributed by atoms with Gasteiger partial charge in [-0.15, -0.1) is 0 Å². The van der Waals surface area contributed by atoms with E-state index < -0.39 is 0 Å². The van der Waals surface area contributed by atoms with Crippen LogP contribution in [0.4, 0.5) is 0 Å². The number of benzene rings is 1. The van der Waals surface area contributed by atoms with Gasteiger partial charge in [0.05, 0.1) is 18.3 Å². The predicted octanol–water partition coefficient (Wildman–Crippen LogP) is 3.10. The molecule has 0 bridgehead atoms. The summed E-state index contributed by atoms with van der Waals surface area (Å²) in [4.78, 5) is 29.8. The van der Waals surface area contributed by atoms with E-state index in [-0.39, 0.29) is 29.9 Å². The van der Waals surface area contributed by atoms with Crippen molar-refractivity contribution in [1.82, 2.24) is 20.0 Å². The van der Waals surface area contributed by atoms with Crippen molar-refractivity contribution in [2.75, 3.05) is 0 Å². The van der Waals surface area contributed by atoms with E-state index >= 15 is 0 Å². The van der Waals surface area contributed by atoms with Gasteiger partial charge in [0.15, 0.2) is 5.69 Å². The SMILES string of the molecule is Cc1ccccc1CNC(=O)c1nc(C(=O)NCc2ccco2)n2ccccc12. The Kier molecular flexibility index (Phi) is 5.11. The lowest BCUT2D eigenvalue weighted by molar-refractivity contribution is 0.0937. The number of hydrogen-bond acceptors (Lipinski definition) is 4. The summed E-state index contributed by atoms with van der Waals surface area (Å²) in [7, 11) is 0. The van der Waals surface area contributed by atoms with E-state index in [1.807, 2.05) is 31.2 Å². The van der Waals surface area contributed by atoms with Crippen LogP contribution in [-0.4, -0.2) is 21.2 Å². The first kappa shape index (κ1) is 18.5. The Hall–Kier alpha value is -3.87. The molecule has 2 amide bonds. The van der Waals surface area contributed by atoms with Crippen LogP contribution in [0.3, 0.4) is 0 Å². The van der Waals surface area contributed by atoms with Crippen molar-refractivity contribution in [2.45, 2.75) is 20.0 Å². The van der Waals surface area contributed by atoms with Gasteiger partial charge >= 0.3 is 0 Å². The van der Waals surface area contributed by atoms with Gasteiger partial charge in [0.25, 0.3) is 11.8 Å². The number of amides is 2. The van der Waals surface area contributed by atoms with Gasteiger partial charge < -0.3 is 15.1 Å². The van der Waals surface area contributed by atoms with E-state index in [4.69, 9.17) is 4.42 Å². The number of furan rings is 1. The number of aromatic nitrogens is 2. The summed E-state index contributed by atoms with van der Waals surface area (Å²) in [5.74, 6) is 0.0613. The van der Waals surface area contributed by atoms with Crippen molar-refractivity contribution < 1.29 is 14.0 Å². The molecule has 4 aromatic rings. The summed E-state index contributed by atoms with van der Waals surface area (Å²) in [6, 6.07) is 16.7. The number of carbonyl (C=O) groups is 2. The van der Waals surface area contributed by atoms with E-state index in [9.17, 15) is 9.59 Å². The molecule has 0 saturated carbocycles. The average Bonchev–Trinajstić information content (AvgIpc) is 3.39. The number of nitrogens with zero attached hydrogens (tertiary/aromatic N) is 2. The lowest BCUT2D eigenvalue weighted by Gasteiger charge is -2.06. The summed E-state index contributed by atoms with van der Waals surface area (Å²) in [6.07, 6.45) is 3.26. The summed E-state index contributed by atoms with van der Waals surface area (Å²) in [5.41, 5.74) is 2.90. The van der Waals surface area contributed by atoms with Crippen LogP contribution in [0.25, 0.3) is 5.52 Å². The van der Waals surface area contributed by atoms with Crippen LogP contribution in [0, 0.1) is 6.92 Å². The molecular weight excluding hydrogens is 368 g/mol. The molecule has 1 aromatic carbocycles. The van der Waals surface area contributed by atoms with E-state index in [2.05, 4.69) is 15.6 Å². The molecule has 7 nitrogen and oxygen atoms in total. The maximum Gasteiger partial charge on any atom is 0.288 e. The molecule has 0 unspecified atom stereocenters. The molecule has 4 rings (SSSR count). The fourth-order valence-corrected chi connectivity index (χ4v) is 3.09. The molecule has 2 N–H and O–H groups in total. The molecule has 146 valence electrons. The topological polar surface area (TPSA) is 88.6 Å². The molecule has 3 aromatic heterocycles. The number of fused-ring (bicyclic) bond motifs is 1. The highest BCUT2D eigenvalue weighted by atomic mass is 16.3. The highest BCUT2D eigenvalue weighted by Crippen LogP contribution is 2.14. The second-order valence-electron chi connectivity index (χ2n) is 6.61. The van der Waals surface area contributed by atoms with Crippen molar-refractivity contribution in [2.24, 2.45) is 0 Å². The summed E-state index contributed by atoms with van der Waals surface area (Å²) < 4.78 is 6.84. The zero-order valence-corrected chi connectivity index (χ0v) is 15.9. The number of imidazole rings is 1. The van der Waals surface area contributed by atoms with Gasteiger partial charge in [-0.25, -0.2) is 4.98 Å². The number of aryl methyl sites for hydroxylation is 1. The molecule has 7 heteroatoms. The lowest BCUT2D eigenvalue weighted by Crippen LogP contribution is -2.26. The number of nitrogens with one attached hydrogen (secondary N) is 2. The third kappa shape index (κ3) is 3.89. The van der Waals surface area contributed by atoms with Gasteiger partial charge in [-0.3, -0.25) is 14.0 Å². The second-order valence-corrected chi connectivity index (χ2v) is 6.61. The highest BCUT2D eigenvalue weighted by molar-refractivity contribution is 6.02. The Morgan fingerprint density at radius 1 is 0.966 bits per heavy atom. The van der Waals surface area contributed by atoms with E-state index in [1.165, 1.54) is 0 Å². The van der Waals surface area contributed by atoms with Crippen LogP contribution in [0.2, 0.25) is 0 Å². The third-order valence-electron chi connectivity index (χ3n) is 4.67. The Morgan fingerprint density at radius 2 is 1.76 bits per heavy atom. The Labute approximate surface area is 167 Å². The normalized spacial score (nSPS) is 10.8. The minimum atomic E-state index is -0.388. The standard InChI is InChI=1S/C22H20N4O3/c1-15-7-2-3-8-16(15)13-23-21(27)19-18-10-4-5-11-26(18)20(25-19)22(28)24-14-17-9-6-12-29-17/h2-12H,13-14H2,1H3,(H,23,27)(H,24,28). The second kappa shape index (κ2) is 8.02. The van der Waals surface area contributed by atoms with Crippen molar-refractivity contribution in [1.29, 1.82) is 0 Å². The summed E-state index contributed by atoms with van der Waals surface area (Å²) in [5, 5.41) is 5.66. The Balaban J connectivity index is 1.55. The van der Waals surface area contributed by atoms with E-state index in [0.29, 0.717) is 17.8 Å². The van der Waals surface area contributed by atoms with E-state index in [1.54, 1.807) is 47.2 Å². The van der Waals surface area contributed by atoms with Gasteiger partial charge in [-0.2, -0.15) is 0 Å². The van der Waals surface area contributed by atoms with Gasteiger partial charge in [0.1, 0.15) is 5.76 Å². The quantitative estimate of drug-likeness (QED) is 0.531. The Morgan fingerprint density at radius 3 is 2.55 bits per heavy atom. The zero-order chi connectivity index (χ0) is 20.2. The number of pyridine rings is 1. The van der Waals surface area contributed by atoms with Crippen LogP contribution in [0.5, 0.6) is 0 Å². The molecule has 0 spiro atoms. The molecule has 0 fully saturated rings. The number of carbonyl (C=O) groups excluding carboxylic acids is 2. The maximum atomic E-state index is 12.8. The molecule has 0 atom stereocenters. The minimum absolute atomic E-state index is 0.146. The van der Waals surface area contributed by atoms with Crippen LogP contribution >= 0.6 is 0 Å². The minimum Gasteiger partial charge on any atom is -0.467 e. The first-order valence-electron chi connectivity index (χ1n) is 9.24. The highest BCUT2D eigenvalue weighted by Gasteiger charge is 2.21. The molecule has 3 heterocycles. The van der Waals surface area contributed by atoms with Gasteiger partial charge in [-0.1, -0.05) is 30.3 Å². The zero-order valence-electron chi connectivity index (χ0n) is 15.9. The fraction of sp³-hybridized carbons (Fsp3) is 0.136. The predicted molar refractivity (Wildman–Crippen MR) is 107 cm³/mol.